The summed E-state index contributed by atoms with van der Waals surface area (Å²) in [5, 5.41) is 10.2. The van der Waals surface area contributed by atoms with Crippen molar-refractivity contribution in [3.05, 3.63) is 77.4 Å². The van der Waals surface area contributed by atoms with Gasteiger partial charge in [0.15, 0.2) is 0 Å². The molecule has 1 aliphatic heterocycles. The van der Waals surface area contributed by atoms with Crippen LogP contribution in [-0.2, 0) is 4.79 Å². The third-order valence-electron chi connectivity index (χ3n) is 4.48. The Balaban J connectivity index is 1.53. The molecule has 0 aliphatic carbocycles. The molecule has 3 nitrogen and oxygen atoms in total. The van der Waals surface area contributed by atoms with Gasteiger partial charge < -0.3 is 10.0 Å². The monoisotopic (exact) mass is 321 g/mol. The number of hydrogen-bond donors (Lipinski definition) is 1. The minimum atomic E-state index is -0.722. The molecule has 1 heterocycles. The predicted molar refractivity (Wildman–Crippen MR) is 96.3 cm³/mol. The van der Waals surface area contributed by atoms with E-state index >= 15 is 0 Å². The molecule has 124 valence electrons. The molecule has 3 heteroatoms. The lowest BCUT2D eigenvalue weighted by Crippen LogP contribution is -2.37. The number of amides is 1. The number of nitrogens with zero attached hydrogens (tertiary/aromatic N) is 1. The Kier molecular flexibility index (Phi) is 5.44. The van der Waals surface area contributed by atoms with Gasteiger partial charge in [-0.05, 0) is 24.0 Å². The number of benzene rings is 2. The van der Waals surface area contributed by atoms with Crippen molar-refractivity contribution in [3.63, 3.8) is 0 Å². The van der Waals surface area contributed by atoms with Gasteiger partial charge in [-0.2, -0.15) is 0 Å². The van der Waals surface area contributed by atoms with Crippen LogP contribution in [0.3, 0.4) is 0 Å². The van der Waals surface area contributed by atoms with E-state index in [0.717, 1.165) is 31.5 Å². The molecule has 0 bridgehead atoms. The summed E-state index contributed by atoms with van der Waals surface area (Å²) in [5.74, 6) is 0.0325. The zero-order chi connectivity index (χ0) is 16.8. The zero-order valence-electron chi connectivity index (χ0n) is 13.8. The maximum absolute atomic E-state index is 12.4. The molecule has 3 rings (SSSR count). The highest BCUT2D eigenvalue weighted by molar-refractivity contribution is 5.77. The van der Waals surface area contributed by atoms with Gasteiger partial charge in [0.25, 0.3) is 0 Å². The number of likely N-dealkylation sites (tertiary alicyclic amines) is 1. The summed E-state index contributed by atoms with van der Waals surface area (Å²) >= 11 is 0. The average Bonchev–Trinajstić information content (AvgIpc) is 2.64. The Morgan fingerprint density at radius 1 is 1.00 bits per heavy atom. The highest BCUT2D eigenvalue weighted by Gasteiger charge is 2.21. The van der Waals surface area contributed by atoms with Crippen molar-refractivity contribution < 1.29 is 9.90 Å². The number of aliphatic hydroxyl groups excluding tert-OH is 1. The highest BCUT2D eigenvalue weighted by Crippen LogP contribution is 2.22. The summed E-state index contributed by atoms with van der Waals surface area (Å²) in [6, 6.07) is 19.7. The van der Waals surface area contributed by atoms with Gasteiger partial charge in [-0.25, -0.2) is 0 Å². The van der Waals surface area contributed by atoms with Gasteiger partial charge in [-0.3, -0.25) is 4.79 Å². The van der Waals surface area contributed by atoms with E-state index in [1.54, 1.807) is 0 Å². The van der Waals surface area contributed by atoms with Crippen molar-refractivity contribution in [2.45, 2.75) is 25.4 Å². The minimum absolute atomic E-state index is 0.0325. The molecular formula is C21H23NO2. The molecule has 1 aliphatic rings. The van der Waals surface area contributed by atoms with Gasteiger partial charge in [0.1, 0.15) is 0 Å². The van der Waals surface area contributed by atoms with Crippen LogP contribution in [0.2, 0.25) is 0 Å². The first-order valence-corrected chi connectivity index (χ1v) is 8.47. The summed E-state index contributed by atoms with van der Waals surface area (Å²) in [6.45, 7) is 1.47. The van der Waals surface area contributed by atoms with Crippen LogP contribution in [0.1, 0.15) is 36.5 Å². The van der Waals surface area contributed by atoms with Crippen molar-refractivity contribution in [3.8, 4) is 0 Å². The molecule has 1 amide bonds. The van der Waals surface area contributed by atoms with Crippen molar-refractivity contribution in [2.75, 3.05) is 13.1 Å². The second-order valence-electron chi connectivity index (χ2n) is 6.22. The number of carbonyl (C=O) groups excluding carboxylic acids is 1. The summed E-state index contributed by atoms with van der Waals surface area (Å²) in [7, 11) is 0. The lowest BCUT2D eigenvalue weighted by molar-refractivity contribution is -0.133. The van der Waals surface area contributed by atoms with Gasteiger partial charge >= 0.3 is 0 Å². The fourth-order valence-electron chi connectivity index (χ4n) is 3.06. The quantitative estimate of drug-likeness (QED) is 0.930. The molecule has 0 saturated carbocycles. The van der Waals surface area contributed by atoms with Gasteiger partial charge in [0.05, 0.1) is 12.5 Å². The number of carbonyl (C=O) groups is 1. The Labute approximate surface area is 143 Å². The van der Waals surface area contributed by atoms with Gasteiger partial charge in [-0.1, -0.05) is 72.3 Å². The summed E-state index contributed by atoms with van der Waals surface area (Å²) in [6.07, 6.45) is 3.46. The van der Waals surface area contributed by atoms with Crippen LogP contribution in [0, 0.1) is 0 Å². The van der Waals surface area contributed by atoms with Crippen molar-refractivity contribution in [2.24, 2.45) is 0 Å². The van der Waals surface area contributed by atoms with E-state index < -0.39 is 6.10 Å². The van der Waals surface area contributed by atoms with Crippen LogP contribution in [0.5, 0.6) is 0 Å². The standard InChI is InChI=1S/C21H23NO2/c23-20(19-9-5-2-6-10-19)16-21(24)22-13-11-18(12-14-22)15-17-7-3-1-4-8-17/h1-10,15,20,23H,11-14,16H2. The Morgan fingerprint density at radius 3 is 2.21 bits per heavy atom. The normalized spacial score (nSPS) is 15.9. The molecule has 1 atom stereocenters. The Bertz CT molecular complexity index is 684. The molecule has 2 aromatic rings. The Hall–Kier alpha value is -2.39. The van der Waals surface area contributed by atoms with Crippen LogP contribution in [0.25, 0.3) is 6.08 Å². The van der Waals surface area contributed by atoms with Crippen LogP contribution in [0.15, 0.2) is 66.2 Å². The molecule has 0 aromatic heterocycles. The number of hydrogen-bond acceptors (Lipinski definition) is 2. The minimum Gasteiger partial charge on any atom is -0.388 e. The summed E-state index contributed by atoms with van der Waals surface area (Å²) < 4.78 is 0. The van der Waals surface area contributed by atoms with Crippen molar-refractivity contribution in [1.29, 1.82) is 0 Å². The van der Waals surface area contributed by atoms with E-state index in [9.17, 15) is 9.90 Å². The Morgan fingerprint density at radius 2 is 1.58 bits per heavy atom. The maximum atomic E-state index is 12.4. The average molecular weight is 321 g/mol. The second-order valence-corrected chi connectivity index (χ2v) is 6.22. The van der Waals surface area contributed by atoms with Gasteiger partial charge in [-0.15, -0.1) is 0 Å². The first-order valence-electron chi connectivity index (χ1n) is 8.47. The van der Waals surface area contributed by atoms with Crippen LogP contribution in [0.4, 0.5) is 0 Å². The van der Waals surface area contributed by atoms with E-state index in [2.05, 4.69) is 18.2 Å². The van der Waals surface area contributed by atoms with E-state index in [0.29, 0.717) is 0 Å². The SMILES string of the molecule is O=C(CC(O)c1ccccc1)N1CCC(=Cc2ccccc2)CC1. The number of piperidine rings is 1. The summed E-state index contributed by atoms with van der Waals surface area (Å²) in [4.78, 5) is 14.3. The molecule has 2 aromatic carbocycles. The second kappa shape index (κ2) is 7.93. The molecular weight excluding hydrogens is 298 g/mol. The van der Waals surface area contributed by atoms with E-state index in [-0.39, 0.29) is 12.3 Å². The largest absolute Gasteiger partial charge is 0.388 e. The number of aliphatic hydroxyl groups is 1. The van der Waals surface area contributed by atoms with Gasteiger partial charge in [0.2, 0.25) is 5.91 Å². The number of rotatable bonds is 4. The van der Waals surface area contributed by atoms with Gasteiger partial charge in [0, 0.05) is 13.1 Å². The molecule has 1 unspecified atom stereocenters. The first-order chi connectivity index (χ1) is 11.7. The molecule has 24 heavy (non-hydrogen) atoms. The fraction of sp³-hybridized carbons (Fsp3) is 0.286. The lowest BCUT2D eigenvalue weighted by Gasteiger charge is -2.29. The molecule has 0 spiro atoms. The van der Waals surface area contributed by atoms with Crippen LogP contribution in [-0.4, -0.2) is 29.0 Å². The molecule has 1 fully saturated rings. The lowest BCUT2D eigenvalue weighted by atomic mass is 10.00. The topological polar surface area (TPSA) is 40.5 Å². The fourth-order valence-corrected chi connectivity index (χ4v) is 3.06. The molecule has 0 radical (unpaired) electrons. The highest BCUT2D eigenvalue weighted by atomic mass is 16.3. The van der Waals surface area contributed by atoms with Crippen molar-refractivity contribution in [1.82, 2.24) is 4.90 Å². The van der Waals surface area contributed by atoms with Crippen molar-refractivity contribution >= 4 is 12.0 Å². The first kappa shape index (κ1) is 16.5. The van der Waals surface area contributed by atoms with E-state index in [1.807, 2.05) is 53.4 Å². The molecule has 1 N–H and O–H groups in total. The van der Waals surface area contributed by atoms with E-state index in [1.165, 1.54) is 11.1 Å². The smallest absolute Gasteiger partial charge is 0.225 e. The maximum Gasteiger partial charge on any atom is 0.225 e. The van der Waals surface area contributed by atoms with Crippen LogP contribution >= 0.6 is 0 Å². The molecule has 1 saturated heterocycles. The zero-order valence-corrected chi connectivity index (χ0v) is 13.8. The van der Waals surface area contributed by atoms with Crippen LogP contribution < -0.4 is 0 Å². The summed E-state index contributed by atoms with van der Waals surface area (Å²) in [5.41, 5.74) is 3.40. The predicted octanol–water partition coefficient (Wildman–Crippen LogP) is 3.82. The third kappa shape index (κ3) is 4.33. The van der Waals surface area contributed by atoms with E-state index in [4.69, 9.17) is 0 Å². The third-order valence-corrected chi connectivity index (χ3v) is 4.48.